The minimum Gasteiger partial charge on any atom is -0.391 e. The summed E-state index contributed by atoms with van der Waals surface area (Å²) in [5, 5.41) is 23.8. The summed E-state index contributed by atoms with van der Waals surface area (Å²) in [5.41, 5.74) is 1.95. The Balaban J connectivity index is 2.02. The molecule has 1 fully saturated rings. The molecule has 0 bridgehead atoms. The number of β-amino-alcohol motifs (C(OH)–C–C–N with tert-alkyl or cyclic N) is 1. The molecule has 2 aliphatic rings. The van der Waals surface area contributed by atoms with E-state index in [4.69, 9.17) is 0 Å². The maximum atomic E-state index is 11.4. The van der Waals surface area contributed by atoms with Crippen molar-refractivity contribution in [1.29, 1.82) is 0 Å². The molecule has 7 nitrogen and oxygen atoms in total. The predicted molar refractivity (Wildman–Crippen MR) is 77.5 cm³/mol. The van der Waals surface area contributed by atoms with Crippen molar-refractivity contribution < 1.29 is 14.8 Å². The van der Waals surface area contributed by atoms with Gasteiger partial charge in [0.25, 0.3) is 5.69 Å². The first-order chi connectivity index (χ1) is 10.0. The van der Waals surface area contributed by atoms with E-state index in [-0.39, 0.29) is 11.6 Å². The number of carbonyl (C=O) groups is 1. The van der Waals surface area contributed by atoms with Gasteiger partial charge in [-0.15, -0.1) is 0 Å². The van der Waals surface area contributed by atoms with Crippen molar-refractivity contribution >= 4 is 23.0 Å². The Morgan fingerprint density at radius 1 is 1.38 bits per heavy atom. The summed E-state index contributed by atoms with van der Waals surface area (Å²) in [4.78, 5) is 24.2. The van der Waals surface area contributed by atoms with Crippen molar-refractivity contribution in [3.8, 4) is 0 Å². The van der Waals surface area contributed by atoms with Gasteiger partial charge < -0.3 is 15.3 Å². The van der Waals surface area contributed by atoms with E-state index in [1.165, 1.54) is 6.07 Å². The number of nitro benzene ring substituents is 1. The molecule has 2 heterocycles. The zero-order valence-electron chi connectivity index (χ0n) is 11.5. The Kier molecular flexibility index (Phi) is 3.50. The smallest absolute Gasteiger partial charge is 0.294 e. The second-order valence-corrected chi connectivity index (χ2v) is 5.55. The summed E-state index contributed by atoms with van der Waals surface area (Å²) in [7, 11) is 0. The molecule has 0 saturated carbocycles. The second kappa shape index (κ2) is 5.33. The molecule has 1 aromatic carbocycles. The molecule has 0 aromatic heterocycles. The van der Waals surface area contributed by atoms with E-state index >= 15 is 0 Å². The monoisotopic (exact) mass is 291 g/mol. The van der Waals surface area contributed by atoms with Crippen LogP contribution in [0, 0.1) is 10.1 Å². The fraction of sp³-hybridized carbons (Fsp3) is 0.500. The van der Waals surface area contributed by atoms with E-state index in [0.717, 1.165) is 18.4 Å². The number of nitrogens with one attached hydrogen (secondary N) is 1. The number of carbonyl (C=O) groups excluding carboxylic acids is 1. The summed E-state index contributed by atoms with van der Waals surface area (Å²) in [6.07, 6.45) is 2.07. The molecule has 112 valence electrons. The summed E-state index contributed by atoms with van der Waals surface area (Å²) in [6.45, 7) is 1.11. The Labute approximate surface area is 121 Å². The van der Waals surface area contributed by atoms with E-state index in [1.54, 1.807) is 6.07 Å². The number of nitrogens with zero attached hydrogens (tertiary/aromatic N) is 2. The molecule has 3 rings (SSSR count). The van der Waals surface area contributed by atoms with Crippen LogP contribution in [0.2, 0.25) is 0 Å². The Bertz CT molecular complexity index is 602. The molecule has 2 aliphatic heterocycles. The number of aliphatic hydroxyl groups is 1. The Morgan fingerprint density at radius 3 is 2.90 bits per heavy atom. The van der Waals surface area contributed by atoms with Gasteiger partial charge in [0.1, 0.15) is 5.69 Å². The van der Waals surface area contributed by atoms with Crippen LogP contribution in [0.1, 0.15) is 24.8 Å². The van der Waals surface area contributed by atoms with Gasteiger partial charge in [-0.1, -0.05) is 0 Å². The highest BCUT2D eigenvalue weighted by Gasteiger charge is 2.28. The van der Waals surface area contributed by atoms with E-state index in [2.05, 4.69) is 5.32 Å². The first kappa shape index (κ1) is 13.8. The standard InChI is InChI=1S/C14H17N3O4/c18-10-2-1-5-16(8-10)12-6-9-3-4-14(19)15-11(9)7-13(12)17(20)21/h6-7,10,18H,1-5,8H2,(H,15,19)/t10-/m0/s1. The number of amides is 1. The largest absolute Gasteiger partial charge is 0.391 e. The molecular weight excluding hydrogens is 274 g/mol. The van der Waals surface area contributed by atoms with Gasteiger partial charge in [0, 0.05) is 25.6 Å². The molecule has 0 spiro atoms. The van der Waals surface area contributed by atoms with Crippen molar-refractivity contribution in [2.24, 2.45) is 0 Å². The molecule has 1 amide bonds. The van der Waals surface area contributed by atoms with Crippen LogP contribution >= 0.6 is 0 Å². The minimum absolute atomic E-state index is 0.0231. The van der Waals surface area contributed by atoms with Gasteiger partial charge >= 0.3 is 0 Å². The van der Waals surface area contributed by atoms with Crippen LogP contribution in [0.3, 0.4) is 0 Å². The molecule has 21 heavy (non-hydrogen) atoms. The van der Waals surface area contributed by atoms with Crippen LogP contribution in [-0.2, 0) is 11.2 Å². The molecule has 0 radical (unpaired) electrons. The number of rotatable bonds is 2. The second-order valence-electron chi connectivity index (χ2n) is 5.55. The van der Waals surface area contributed by atoms with Crippen LogP contribution in [0.15, 0.2) is 12.1 Å². The average molecular weight is 291 g/mol. The van der Waals surface area contributed by atoms with Crippen LogP contribution < -0.4 is 10.2 Å². The van der Waals surface area contributed by atoms with Gasteiger partial charge in [-0.05, 0) is 30.9 Å². The van der Waals surface area contributed by atoms with Gasteiger partial charge in [-0.25, -0.2) is 0 Å². The zero-order chi connectivity index (χ0) is 15.0. The third-order valence-corrected chi connectivity index (χ3v) is 4.03. The van der Waals surface area contributed by atoms with Crippen molar-refractivity contribution in [2.75, 3.05) is 23.3 Å². The van der Waals surface area contributed by atoms with Crippen LogP contribution in [0.25, 0.3) is 0 Å². The van der Waals surface area contributed by atoms with Crippen molar-refractivity contribution in [2.45, 2.75) is 31.8 Å². The van der Waals surface area contributed by atoms with Crippen LogP contribution in [0.4, 0.5) is 17.1 Å². The van der Waals surface area contributed by atoms with Gasteiger partial charge in [0.05, 0.1) is 16.7 Å². The lowest BCUT2D eigenvalue weighted by Gasteiger charge is -2.32. The van der Waals surface area contributed by atoms with Crippen molar-refractivity contribution in [3.63, 3.8) is 0 Å². The molecule has 7 heteroatoms. The zero-order valence-corrected chi connectivity index (χ0v) is 11.5. The summed E-state index contributed by atoms with van der Waals surface area (Å²) in [5.74, 6) is -0.113. The quantitative estimate of drug-likeness (QED) is 0.635. The number of hydrogen-bond donors (Lipinski definition) is 2. The maximum absolute atomic E-state index is 11.4. The lowest BCUT2D eigenvalue weighted by Crippen LogP contribution is -2.38. The maximum Gasteiger partial charge on any atom is 0.294 e. The Morgan fingerprint density at radius 2 is 2.19 bits per heavy atom. The number of piperidine rings is 1. The van der Waals surface area contributed by atoms with Gasteiger partial charge in [-0.2, -0.15) is 0 Å². The van der Waals surface area contributed by atoms with Gasteiger partial charge in [0.2, 0.25) is 5.91 Å². The van der Waals surface area contributed by atoms with Crippen LogP contribution in [-0.4, -0.2) is 35.1 Å². The third-order valence-electron chi connectivity index (χ3n) is 4.03. The molecule has 1 saturated heterocycles. The third kappa shape index (κ3) is 2.69. The lowest BCUT2D eigenvalue weighted by atomic mass is 9.99. The molecule has 0 aliphatic carbocycles. The lowest BCUT2D eigenvalue weighted by molar-refractivity contribution is -0.384. The number of fused-ring (bicyclic) bond motifs is 1. The van der Waals surface area contributed by atoms with Crippen molar-refractivity contribution in [1.82, 2.24) is 0 Å². The summed E-state index contributed by atoms with van der Waals surface area (Å²) < 4.78 is 0. The Hall–Kier alpha value is -2.15. The molecule has 1 atom stereocenters. The highest BCUT2D eigenvalue weighted by Crippen LogP contribution is 2.37. The van der Waals surface area contributed by atoms with E-state index in [0.29, 0.717) is 37.3 Å². The van der Waals surface area contributed by atoms with E-state index in [1.807, 2.05) is 4.90 Å². The fourth-order valence-electron chi connectivity index (χ4n) is 2.98. The molecule has 0 unspecified atom stereocenters. The molecule has 1 aromatic rings. The predicted octanol–water partition coefficient (Wildman–Crippen LogP) is 1.44. The number of hydrogen-bond acceptors (Lipinski definition) is 5. The van der Waals surface area contributed by atoms with Gasteiger partial charge in [-0.3, -0.25) is 14.9 Å². The van der Waals surface area contributed by atoms with E-state index in [9.17, 15) is 20.0 Å². The topological polar surface area (TPSA) is 95.7 Å². The summed E-state index contributed by atoms with van der Waals surface area (Å²) >= 11 is 0. The fourth-order valence-corrected chi connectivity index (χ4v) is 2.98. The average Bonchev–Trinajstić information content (AvgIpc) is 2.45. The van der Waals surface area contributed by atoms with Crippen LogP contribution in [0.5, 0.6) is 0 Å². The molecular formula is C14H17N3O4. The first-order valence-electron chi connectivity index (χ1n) is 7.09. The SMILES string of the molecule is O=C1CCc2cc(N3CCC[C@H](O)C3)c([N+](=O)[O-])cc2N1. The van der Waals surface area contributed by atoms with E-state index < -0.39 is 11.0 Å². The van der Waals surface area contributed by atoms with Gasteiger partial charge in [0.15, 0.2) is 0 Å². The number of nitro groups is 1. The summed E-state index contributed by atoms with van der Waals surface area (Å²) in [6, 6.07) is 3.22. The molecule has 2 N–H and O–H groups in total. The highest BCUT2D eigenvalue weighted by atomic mass is 16.6. The number of benzene rings is 1. The van der Waals surface area contributed by atoms with Crippen molar-refractivity contribution in [3.05, 3.63) is 27.8 Å². The normalized spacial score (nSPS) is 21.7. The number of aliphatic hydroxyl groups excluding tert-OH is 1. The first-order valence-corrected chi connectivity index (χ1v) is 7.09. The number of anilines is 2. The highest BCUT2D eigenvalue weighted by molar-refractivity contribution is 5.95. The minimum atomic E-state index is -0.450. The number of aryl methyl sites for hydroxylation is 1.